The summed E-state index contributed by atoms with van der Waals surface area (Å²) in [6.07, 6.45) is 0. The average Bonchev–Trinajstić information content (AvgIpc) is 3.00. The normalized spacial score (nSPS) is 11.1. The van der Waals surface area contributed by atoms with Gasteiger partial charge < -0.3 is 25.2 Å². The largest absolute Gasteiger partial charge is 0.478 e. The van der Waals surface area contributed by atoms with Gasteiger partial charge in [0.2, 0.25) is 0 Å². The number of esters is 2. The first-order valence-corrected chi connectivity index (χ1v) is 13.1. The topological polar surface area (TPSA) is 193 Å². The minimum Gasteiger partial charge on any atom is -0.478 e. The molecule has 0 bridgehead atoms. The molecule has 0 amide bonds. The van der Waals surface area contributed by atoms with Crippen molar-refractivity contribution in [3.8, 4) is 0 Å². The van der Waals surface area contributed by atoms with Crippen molar-refractivity contribution < 1.29 is 53.9 Å². The highest BCUT2D eigenvalue weighted by Crippen LogP contribution is 2.34. The molecule has 11 nitrogen and oxygen atoms in total. The summed E-state index contributed by atoms with van der Waals surface area (Å²) in [4.78, 5) is 76.5. The Morgan fingerprint density at radius 1 is 0.400 bits per heavy atom. The van der Waals surface area contributed by atoms with Gasteiger partial charge in [0.25, 0.3) is 0 Å². The molecule has 0 fully saturated rings. The first kappa shape index (κ1) is 28.5. The van der Waals surface area contributed by atoms with Crippen molar-refractivity contribution in [2.45, 2.75) is 0 Å². The van der Waals surface area contributed by atoms with Gasteiger partial charge in [-0.1, -0.05) is 48.5 Å². The highest BCUT2D eigenvalue weighted by Gasteiger charge is 2.33. The number of carboxylic acids is 4. The van der Waals surface area contributed by atoms with Crippen LogP contribution in [0.3, 0.4) is 0 Å². The molecule has 0 unspecified atom stereocenters. The van der Waals surface area contributed by atoms with E-state index in [1.54, 1.807) is 60.7 Å². The van der Waals surface area contributed by atoms with E-state index in [9.17, 15) is 49.2 Å². The van der Waals surface area contributed by atoms with Crippen molar-refractivity contribution >= 4 is 78.9 Å². The lowest BCUT2D eigenvalue weighted by Gasteiger charge is -2.16. The molecule has 0 aliphatic heterocycles. The third-order valence-electron chi connectivity index (χ3n) is 7.49. The van der Waals surface area contributed by atoms with Crippen LogP contribution in [0.25, 0.3) is 43.1 Å². The first-order chi connectivity index (χ1) is 21.5. The summed E-state index contributed by atoms with van der Waals surface area (Å²) in [6.45, 7) is 0. The summed E-state index contributed by atoms with van der Waals surface area (Å²) >= 11 is 0. The van der Waals surface area contributed by atoms with Gasteiger partial charge in [0.1, 0.15) is 0 Å². The molecule has 45 heavy (non-hydrogen) atoms. The van der Waals surface area contributed by atoms with E-state index in [-0.39, 0.29) is 21.5 Å². The average molecular weight is 603 g/mol. The maximum Gasteiger partial charge on any atom is 0.347 e. The van der Waals surface area contributed by atoms with Gasteiger partial charge in [0.15, 0.2) is 0 Å². The molecular weight excluding hydrogens is 584 g/mol. The Hall–Kier alpha value is -6.62. The van der Waals surface area contributed by atoms with Crippen molar-refractivity contribution in [2.24, 2.45) is 0 Å². The van der Waals surface area contributed by atoms with Gasteiger partial charge in [-0.15, -0.1) is 0 Å². The molecule has 0 spiro atoms. The summed E-state index contributed by atoms with van der Waals surface area (Å²) in [5.74, 6) is -10.1. The molecule has 0 atom stereocenters. The van der Waals surface area contributed by atoms with E-state index < -0.39 is 69.2 Å². The Kier molecular flexibility index (Phi) is 6.70. The Bertz CT molecular complexity index is 2190. The number of hydrogen-bond donors (Lipinski definition) is 4. The number of aromatic carboxylic acids is 4. The monoisotopic (exact) mass is 602 g/mol. The van der Waals surface area contributed by atoms with E-state index in [0.717, 1.165) is 12.1 Å². The zero-order valence-electron chi connectivity index (χ0n) is 22.7. The van der Waals surface area contributed by atoms with Gasteiger partial charge in [-0.3, -0.25) is 0 Å². The Balaban J connectivity index is 1.61. The van der Waals surface area contributed by atoms with E-state index in [0.29, 0.717) is 21.5 Å². The third kappa shape index (κ3) is 4.74. The van der Waals surface area contributed by atoms with E-state index in [1.807, 2.05) is 0 Å². The number of fused-ring (bicyclic) bond motifs is 4. The van der Waals surface area contributed by atoms with Gasteiger partial charge in [-0.2, -0.15) is 0 Å². The lowest BCUT2D eigenvalue weighted by atomic mass is 9.91. The first-order valence-electron chi connectivity index (χ1n) is 13.1. The van der Waals surface area contributed by atoms with Crippen LogP contribution in [0.15, 0.2) is 84.9 Å². The Morgan fingerprint density at radius 2 is 0.733 bits per heavy atom. The van der Waals surface area contributed by atoms with Crippen molar-refractivity contribution in [3.05, 3.63) is 118 Å². The predicted octanol–water partition coefficient (Wildman–Crippen LogP) is 6.09. The number of carboxylic acid groups (broad SMARTS) is 4. The van der Waals surface area contributed by atoms with E-state index in [1.165, 1.54) is 12.1 Å². The van der Waals surface area contributed by atoms with Crippen LogP contribution in [0.4, 0.5) is 0 Å². The number of benzene rings is 6. The van der Waals surface area contributed by atoms with Gasteiger partial charge in [0, 0.05) is 0 Å². The molecule has 0 radical (unpaired) electrons. The van der Waals surface area contributed by atoms with Crippen molar-refractivity contribution in [1.82, 2.24) is 0 Å². The molecule has 220 valence electrons. The zero-order chi connectivity index (χ0) is 32.2. The smallest absolute Gasteiger partial charge is 0.347 e. The fraction of sp³-hybridized carbons (Fsp3) is 0. The molecule has 4 N–H and O–H groups in total. The van der Waals surface area contributed by atoms with Gasteiger partial charge in [-0.25, -0.2) is 28.8 Å². The maximum absolute atomic E-state index is 13.8. The highest BCUT2D eigenvalue weighted by atomic mass is 16.6. The van der Waals surface area contributed by atoms with Crippen molar-refractivity contribution in [3.63, 3.8) is 0 Å². The SMILES string of the molecule is O=C(O)c1cc2cc3ccccc3cc2c(C(=O)OC(=O)c2c(C(=O)O)c(C(=O)O)cc3cc4ccccc4cc23)c1C(=O)O. The zero-order valence-corrected chi connectivity index (χ0v) is 22.7. The molecular formula is C34H18O11. The third-order valence-corrected chi connectivity index (χ3v) is 7.49. The minimum absolute atomic E-state index is 0.0394. The summed E-state index contributed by atoms with van der Waals surface area (Å²) in [7, 11) is 0. The van der Waals surface area contributed by atoms with Crippen LogP contribution in [-0.4, -0.2) is 56.2 Å². The van der Waals surface area contributed by atoms with Crippen molar-refractivity contribution in [1.29, 1.82) is 0 Å². The fourth-order valence-electron chi connectivity index (χ4n) is 5.57. The van der Waals surface area contributed by atoms with Gasteiger partial charge in [-0.05, 0) is 79.5 Å². The van der Waals surface area contributed by atoms with Gasteiger partial charge >= 0.3 is 35.8 Å². The molecule has 6 aromatic rings. The molecule has 0 heterocycles. The maximum atomic E-state index is 13.8. The van der Waals surface area contributed by atoms with Crippen LogP contribution in [-0.2, 0) is 4.74 Å². The summed E-state index contributed by atoms with van der Waals surface area (Å²) in [6, 6.07) is 21.8. The standard InChI is InChI=1S/C34H18O11/c35-29(36)23-13-19-9-15-5-1-3-7-17(15)11-21(19)27(25(23)31(39)40)33(43)45-34(44)28-22-12-18-8-4-2-6-16(18)10-20(22)14-24(30(37)38)26(28)32(41)42/h1-14H,(H,35,36)(H,37,38)(H,39,40)(H,41,42). The van der Waals surface area contributed by atoms with Crippen LogP contribution in [0.1, 0.15) is 62.1 Å². The lowest BCUT2D eigenvalue weighted by molar-refractivity contribution is 0.0389. The second-order valence-corrected chi connectivity index (χ2v) is 10.1. The van der Waals surface area contributed by atoms with Crippen molar-refractivity contribution in [2.75, 3.05) is 0 Å². The van der Waals surface area contributed by atoms with Crippen LogP contribution in [0, 0.1) is 0 Å². The fourth-order valence-corrected chi connectivity index (χ4v) is 5.57. The van der Waals surface area contributed by atoms with Crippen LogP contribution in [0.2, 0.25) is 0 Å². The number of ether oxygens (including phenoxy) is 1. The molecule has 0 saturated carbocycles. The minimum atomic E-state index is -1.79. The molecule has 11 heteroatoms. The Morgan fingerprint density at radius 3 is 1.04 bits per heavy atom. The van der Waals surface area contributed by atoms with Crippen LogP contribution in [0.5, 0.6) is 0 Å². The summed E-state index contributed by atoms with van der Waals surface area (Å²) in [5.41, 5.74) is -4.90. The van der Waals surface area contributed by atoms with Gasteiger partial charge in [0.05, 0.1) is 33.4 Å². The number of carbonyl (C=O) groups is 6. The predicted molar refractivity (Wildman–Crippen MR) is 160 cm³/mol. The Labute approximate surface area is 251 Å². The van der Waals surface area contributed by atoms with Crippen LogP contribution >= 0.6 is 0 Å². The molecule has 0 aromatic heterocycles. The molecule has 0 aliphatic rings. The quantitative estimate of drug-likeness (QED) is 0.0979. The molecule has 6 aromatic carbocycles. The second-order valence-electron chi connectivity index (χ2n) is 10.1. The van der Waals surface area contributed by atoms with E-state index in [4.69, 9.17) is 4.74 Å². The number of hydrogen-bond acceptors (Lipinski definition) is 7. The second kappa shape index (κ2) is 10.6. The number of rotatable bonds is 6. The summed E-state index contributed by atoms with van der Waals surface area (Å²) < 4.78 is 5.12. The van der Waals surface area contributed by atoms with E-state index in [2.05, 4.69) is 0 Å². The molecule has 6 rings (SSSR count). The molecule has 0 aliphatic carbocycles. The molecule has 0 saturated heterocycles. The summed E-state index contributed by atoms with van der Waals surface area (Å²) in [5, 5.41) is 42.4. The lowest BCUT2D eigenvalue weighted by Crippen LogP contribution is -2.22. The van der Waals surface area contributed by atoms with Crippen LogP contribution < -0.4 is 0 Å². The highest BCUT2D eigenvalue weighted by molar-refractivity contribution is 6.24. The number of carbonyl (C=O) groups excluding carboxylic acids is 2. The van der Waals surface area contributed by atoms with E-state index >= 15 is 0 Å².